The van der Waals surface area contributed by atoms with Gasteiger partial charge in [-0.1, -0.05) is 24.3 Å². The summed E-state index contributed by atoms with van der Waals surface area (Å²) in [6.45, 7) is 3.11. The molecule has 30 heavy (non-hydrogen) atoms. The zero-order valence-corrected chi connectivity index (χ0v) is 16.7. The van der Waals surface area contributed by atoms with Gasteiger partial charge < -0.3 is 15.4 Å². The summed E-state index contributed by atoms with van der Waals surface area (Å²) in [5, 5.41) is 11.0. The number of morpholine rings is 1. The summed E-state index contributed by atoms with van der Waals surface area (Å²) in [6.07, 6.45) is 7.37. The maximum atomic E-state index is 5.79. The number of nitrogens with one attached hydrogen (secondary N) is 2. The van der Waals surface area contributed by atoms with Crippen molar-refractivity contribution in [1.29, 1.82) is 0 Å². The Bertz CT molecular complexity index is 1150. The van der Waals surface area contributed by atoms with Crippen LogP contribution in [0.1, 0.15) is 0 Å². The molecule has 0 aliphatic carbocycles. The lowest BCUT2D eigenvalue weighted by atomic mass is 10.0. The highest BCUT2D eigenvalue weighted by Crippen LogP contribution is 2.27. The predicted octanol–water partition coefficient (Wildman–Crippen LogP) is 2.49. The van der Waals surface area contributed by atoms with E-state index in [0.717, 1.165) is 58.9 Å². The van der Waals surface area contributed by atoms with E-state index in [1.54, 1.807) is 17.1 Å². The first-order valence-corrected chi connectivity index (χ1v) is 10.0. The van der Waals surface area contributed by atoms with E-state index in [9.17, 15) is 0 Å². The Morgan fingerprint density at radius 2 is 1.97 bits per heavy atom. The number of hydrogen-bond donors (Lipinski definition) is 2. The molecule has 1 saturated heterocycles. The van der Waals surface area contributed by atoms with E-state index in [2.05, 4.69) is 50.0 Å². The summed E-state index contributed by atoms with van der Waals surface area (Å²) >= 11 is 0. The summed E-state index contributed by atoms with van der Waals surface area (Å²) in [4.78, 5) is 13.8. The van der Waals surface area contributed by atoms with Crippen molar-refractivity contribution in [3.05, 3.63) is 55.1 Å². The van der Waals surface area contributed by atoms with Crippen LogP contribution in [-0.4, -0.2) is 57.1 Å². The summed E-state index contributed by atoms with van der Waals surface area (Å²) in [6, 6.07) is 10.3. The van der Waals surface area contributed by atoms with Crippen LogP contribution >= 0.6 is 0 Å². The highest BCUT2D eigenvalue weighted by Gasteiger charge is 2.15. The number of nitrogens with zero attached hydrogens (tertiary/aromatic N) is 5. The van der Waals surface area contributed by atoms with Crippen LogP contribution in [0.4, 0.5) is 5.82 Å². The highest BCUT2D eigenvalue weighted by atomic mass is 16.5. The topological polar surface area (TPSA) is 89.8 Å². The number of aryl methyl sites for hydroxylation is 1. The Balaban J connectivity index is 1.45. The first-order chi connectivity index (χ1) is 14.8. The molecule has 0 bridgehead atoms. The summed E-state index contributed by atoms with van der Waals surface area (Å²) < 4.78 is 7.59. The molecule has 1 unspecified atom stereocenters. The second kappa shape index (κ2) is 8.17. The summed E-state index contributed by atoms with van der Waals surface area (Å²) in [7, 11) is 1.92. The van der Waals surface area contributed by atoms with Crippen molar-refractivity contribution < 1.29 is 4.74 Å². The van der Waals surface area contributed by atoms with E-state index in [-0.39, 0.29) is 6.10 Å². The summed E-state index contributed by atoms with van der Waals surface area (Å²) in [5.41, 5.74) is 5.65. The van der Waals surface area contributed by atoms with Gasteiger partial charge in [0.2, 0.25) is 0 Å². The fourth-order valence-electron chi connectivity index (χ4n) is 3.61. The van der Waals surface area contributed by atoms with Gasteiger partial charge in [0.25, 0.3) is 0 Å². The third-order valence-electron chi connectivity index (χ3n) is 5.18. The smallest absolute Gasteiger partial charge is 0.154 e. The number of benzene rings is 1. The second-order valence-electron chi connectivity index (χ2n) is 7.34. The fraction of sp³-hybridized carbons (Fsp3) is 0.273. The van der Waals surface area contributed by atoms with Crippen molar-refractivity contribution in [3.63, 3.8) is 0 Å². The fourth-order valence-corrected chi connectivity index (χ4v) is 3.61. The SMILES string of the molecule is Cn1cc(-c2ccc(-c3cc4nccnc4c(NCC4CNCCO4)n3)cc2)cn1. The molecule has 8 heteroatoms. The third kappa shape index (κ3) is 3.87. The van der Waals surface area contributed by atoms with Crippen molar-refractivity contribution in [2.45, 2.75) is 6.10 Å². The van der Waals surface area contributed by atoms with Crippen molar-refractivity contribution >= 4 is 16.9 Å². The van der Waals surface area contributed by atoms with Crippen molar-refractivity contribution in [2.75, 3.05) is 31.6 Å². The van der Waals surface area contributed by atoms with Crippen LogP contribution in [0, 0.1) is 0 Å². The first-order valence-electron chi connectivity index (χ1n) is 10.0. The third-order valence-corrected chi connectivity index (χ3v) is 5.18. The number of rotatable bonds is 5. The van der Waals surface area contributed by atoms with Gasteiger partial charge in [0.05, 0.1) is 30.1 Å². The molecular formula is C22H23N7O. The van der Waals surface area contributed by atoms with Crippen LogP contribution < -0.4 is 10.6 Å². The maximum absolute atomic E-state index is 5.79. The Labute approximate surface area is 174 Å². The van der Waals surface area contributed by atoms with Gasteiger partial charge in [-0.25, -0.2) is 9.97 Å². The van der Waals surface area contributed by atoms with E-state index in [4.69, 9.17) is 9.72 Å². The molecule has 8 nitrogen and oxygen atoms in total. The molecule has 1 aliphatic heterocycles. The lowest BCUT2D eigenvalue weighted by Gasteiger charge is -2.24. The van der Waals surface area contributed by atoms with E-state index in [0.29, 0.717) is 6.54 Å². The van der Waals surface area contributed by atoms with Crippen LogP contribution in [0.5, 0.6) is 0 Å². The molecule has 3 aromatic heterocycles. The quantitative estimate of drug-likeness (QED) is 0.531. The van der Waals surface area contributed by atoms with Crippen LogP contribution in [-0.2, 0) is 11.8 Å². The molecule has 0 spiro atoms. The van der Waals surface area contributed by atoms with E-state index in [1.165, 1.54) is 0 Å². The molecule has 4 heterocycles. The Morgan fingerprint density at radius 3 is 2.73 bits per heavy atom. The van der Waals surface area contributed by atoms with Crippen molar-refractivity contribution in [2.24, 2.45) is 7.05 Å². The largest absolute Gasteiger partial charge is 0.374 e. The lowest BCUT2D eigenvalue weighted by Crippen LogP contribution is -2.42. The number of aromatic nitrogens is 5. The van der Waals surface area contributed by atoms with Crippen molar-refractivity contribution in [1.82, 2.24) is 30.0 Å². The maximum Gasteiger partial charge on any atom is 0.154 e. The number of ether oxygens (including phenoxy) is 1. The van der Waals surface area contributed by atoms with Gasteiger partial charge in [-0.15, -0.1) is 0 Å². The van der Waals surface area contributed by atoms with Gasteiger partial charge in [0.15, 0.2) is 5.82 Å². The molecule has 152 valence electrons. The number of anilines is 1. The molecule has 0 saturated carbocycles. The molecule has 1 fully saturated rings. The van der Waals surface area contributed by atoms with Crippen LogP contribution in [0.15, 0.2) is 55.1 Å². The minimum absolute atomic E-state index is 0.106. The first kappa shape index (κ1) is 18.7. The lowest BCUT2D eigenvalue weighted by molar-refractivity contribution is 0.0372. The Kier molecular flexibility index (Phi) is 5.08. The van der Waals surface area contributed by atoms with Gasteiger partial charge in [0, 0.05) is 56.4 Å². The molecule has 4 aromatic rings. The molecule has 0 amide bonds. The molecule has 1 aliphatic rings. The van der Waals surface area contributed by atoms with E-state index < -0.39 is 0 Å². The zero-order chi connectivity index (χ0) is 20.3. The average molecular weight is 401 g/mol. The molecule has 1 aromatic carbocycles. The van der Waals surface area contributed by atoms with Crippen LogP contribution in [0.2, 0.25) is 0 Å². The monoisotopic (exact) mass is 401 g/mol. The van der Waals surface area contributed by atoms with Gasteiger partial charge in [-0.3, -0.25) is 9.67 Å². The van der Waals surface area contributed by atoms with Gasteiger partial charge in [-0.05, 0) is 11.6 Å². The minimum atomic E-state index is 0.106. The molecular weight excluding hydrogens is 378 g/mol. The Morgan fingerprint density at radius 1 is 1.13 bits per heavy atom. The van der Waals surface area contributed by atoms with Crippen molar-refractivity contribution in [3.8, 4) is 22.4 Å². The molecule has 1 atom stereocenters. The summed E-state index contributed by atoms with van der Waals surface area (Å²) in [5.74, 6) is 0.723. The minimum Gasteiger partial charge on any atom is -0.374 e. The van der Waals surface area contributed by atoms with E-state index in [1.807, 2.05) is 25.5 Å². The predicted molar refractivity (Wildman–Crippen MR) is 116 cm³/mol. The van der Waals surface area contributed by atoms with E-state index >= 15 is 0 Å². The Hall–Kier alpha value is -3.36. The zero-order valence-electron chi connectivity index (χ0n) is 16.7. The molecule has 5 rings (SSSR count). The number of pyridine rings is 1. The van der Waals surface area contributed by atoms with Gasteiger partial charge >= 0.3 is 0 Å². The average Bonchev–Trinajstić information content (AvgIpc) is 3.24. The molecule has 2 N–H and O–H groups in total. The second-order valence-corrected chi connectivity index (χ2v) is 7.34. The van der Waals surface area contributed by atoms with Gasteiger partial charge in [0.1, 0.15) is 5.52 Å². The van der Waals surface area contributed by atoms with Crippen LogP contribution in [0.3, 0.4) is 0 Å². The standard InChI is InChI=1S/C22H23N7O/c1-29-14-17(11-27-29)15-2-4-16(5-3-15)19-10-20-21(25-7-6-24-20)22(28-19)26-13-18-12-23-8-9-30-18/h2-7,10-11,14,18,23H,8-9,12-13H2,1H3,(H,26,28). The normalized spacial score (nSPS) is 16.6. The van der Waals surface area contributed by atoms with Gasteiger partial charge in [-0.2, -0.15) is 5.10 Å². The number of fused-ring (bicyclic) bond motifs is 1. The molecule has 0 radical (unpaired) electrons. The van der Waals surface area contributed by atoms with Crippen LogP contribution in [0.25, 0.3) is 33.4 Å². The highest BCUT2D eigenvalue weighted by molar-refractivity contribution is 5.88. The number of hydrogen-bond acceptors (Lipinski definition) is 7.